The van der Waals surface area contributed by atoms with Crippen LogP contribution in [0.3, 0.4) is 0 Å². The molecule has 1 aromatic carbocycles. The summed E-state index contributed by atoms with van der Waals surface area (Å²) in [5.74, 6) is -0.313. The van der Waals surface area contributed by atoms with Crippen LogP contribution < -0.4 is 10.6 Å². The van der Waals surface area contributed by atoms with Crippen LogP contribution in [0.4, 0.5) is 5.69 Å². The molecule has 1 heterocycles. The van der Waals surface area contributed by atoms with Crippen molar-refractivity contribution in [3.63, 3.8) is 0 Å². The Morgan fingerprint density at radius 2 is 1.83 bits per heavy atom. The second-order valence-corrected chi connectivity index (χ2v) is 5.81. The van der Waals surface area contributed by atoms with Crippen LogP contribution in [0.15, 0.2) is 36.7 Å². The first-order chi connectivity index (χ1) is 10.9. The number of hydrogen-bond acceptors (Lipinski definition) is 3. The van der Waals surface area contributed by atoms with E-state index in [1.54, 1.807) is 40.0 Å². The fourth-order valence-electron chi connectivity index (χ4n) is 2.27. The van der Waals surface area contributed by atoms with Crippen molar-refractivity contribution >= 4 is 17.5 Å². The fraction of sp³-hybridized carbons (Fsp3) is 0.353. The molecular weight excluding hydrogens is 292 g/mol. The molecular formula is C17H22N4O2. The van der Waals surface area contributed by atoms with Gasteiger partial charge >= 0.3 is 0 Å². The quantitative estimate of drug-likeness (QED) is 0.888. The van der Waals surface area contributed by atoms with Crippen LogP contribution in [-0.4, -0.2) is 28.1 Å². The van der Waals surface area contributed by atoms with Crippen molar-refractivity contribution in [1.29, 1.82) is 0 Å². The van der Waals surface area contributed by atoms with E-state index in [-0.39, 0.29) is 5.91 Å². The van der Waals surface area contributed by atoms with Crippen molar-refractivity contribution in [2.45, 2.75) is 27.3 Å². The van der Waals surface area contributed by atoms with Crippen LogP contribution in [-0.2, 0) is 6.54 Å². The molecule has 0 aliphatic heterocycles. The van der Waals surface area contributed by atoms with Crippen LogP contribution >= 0.6 is 0 Å². The van der Waals surface area contributed by atoms with E-state index in [2.05, 4.69) is 18.9 Å². The normalized spacial score (nSPS) is 10.8. The third-order valence-electron chi connectivity index (χ3n) is 3.46. The lowest BCUT2D eigenvalue weighted by Gasteiger charge is -2.23. The molecule has 0 radical (unpaired) electrons. The lowest BCUT2D eigenvalue weighted by Crippen LogP contribution is -2.34. The number of primary amides is 1. The molecule has 0 spiro atoms. The van der Waals surface area contributed by atoms with Gasteiger partial charge in [-0.15, -0.1) is 0 Å². The topological polar surface area (TPSA) is 81.2 Å². The van der Waals surface area contributed by atoms with Gasteiger partial charge in [0.15, 0.2) is 0 Å². The molecule has 0 saturated heterocycles. The minimum Gasteiger partial charge on any atom is -0.366 e. The van der Waals surface area contributed by atoms with Gasteiger partial charge in [-0.25, -0.2) is 0 Å². The van der Waals surface area contributed by atoms with E-state index in [1.807, 2.05) is 13.1 Å². The minimum atomic E-state index is -0.507. The summed E-state index contributed by atoms with van der Waals surface area (Å²) in [6.45, 7) is 7.44. The molecule has 2 amide bonds. The van der Waals surface area contributed by atoms with E-state index in [0.717, 1.165) is 12.2 Å². The maximum atomic E-state index is 12.8. The molecule has 0 aliphatic rings. The monoisotopic (exact) mass is 314 g/mol. The third kappa shape index (κ3) is 3.97. The highest BCUT2D eigenvalue weighted by Gasteiger charge is 2.20. The first-order valence-electron chi connectivity index (χ1n) is 7.66. The smallest absolute Gasteiger partial charge is 0.258 e. The van der Waals surface area contributed by atoms with E-state index in [9.17, 15) is 9.59 Å². The predicted molar refractivity (Wildman–Crippen MR) is 89.4 cm³/mol. The Balaban J connectivity index is 2.30. The summed E-state index contributed by atoms with van der Waals surface area (Å²) in [4.78, 5) is 25.7. The van der Waals surface area contributed by atoms with Gasteiger partial charge in [-0.1, -0.05) is 13.8 Å². The molecule has 6 nitrogen and oxygen atoms in total. The SMILES string of the molecule is CCn1cc(N(CC(C)C)C(=O)c2ccc(C(N)=O)cc2)cn1. The van der Waals surface area contributed by atoms with E-state index >= 15 is 0 Å². The Kier molecular flexibility index (Phi) is 5.16. The van der Waals surface area contributed by atoms with E-state index < -0.39 is 5.91 Å². The molecule has 0 atom stereocenters. The zero-order valence-electron chi connectivity index (χ0n) is 13.7. The zero-order chi connectivity index (χ0) is 17.0. The van der Waals surface area contributed by atoms with E-state index in [0.29, 0.717) is 23.6 Å². The summed E-state index contributed by atoms with van der Waals surface area (Å²) >= 11 is 0. The Morgan fingerprint density at radius 3 is 2.30 bits per heavy atom. The van der Waals surface area contributed by atoms with Gasteiger partial charge in [0.2, 0.25) is 5.91 Å². The number of carbonyl (C=O) groups is 2. The maximum Gasteiger partial charge on any atom is 0.258 e. The maximum absolute atomic E-state index is 12.8. The number of hydrogen-bond donors (Lipinski definition) is 1. The molecule has 0 bridgehead atoms. The Labute approximate surface area is 135 Å². The number of aromatic nitrogens is 2. The van der Waals surface area contributed by atoms with Crippen molar-refractivity contribution in [2.75, 3.05) is 11.4 Å². The average molecular weight is 314 g/mol. The molecule has 6 heteroatoms. The molecule has 0 saturated carbocycles. The number of carbonyl (C=O) groups excluding carboxylic acids is 2. The highest BCUT2D eigenvalue weighted by Crippen LogP contribution is 2.19. The van der Waals surface area contributed by atoms with E-state index in [4.69, 9.17) is 5.73 Å². The number of nitrogens with two attached hydrogens (primary N) is 1. The van der Waals surface area contributed by atoms with Gasteiger partial charge in [-0.2, -0.15) is 5.10 Å². The summed E-state index contributed by atoms with van der Waals surface area (Å²) in [6, 6.07) is 6.39. The van der Waals surface area contributed by atoms with Gasteiger partial charge in [-0.05, 0) is 37.1 Å². The number of nitrogens with zero attached hydrogens (tertiary/aromatic N) is 3. The van der Waals surface area contributed by atoms with Crippen molar-refractivity contribution in [2.24, 2.45) is 11.7 Å². The number of benzene rings is 1. The first-order valence-corrected chi connectivity index (χ1v) is 7.66. The van der Waals surface area contributed by atoms with Gasteiger partial charge in [0.05, 0.1) is 11.9 Å². The summed E-state index contributed by atoms with van der Waals surface area (Å²) < 4.78 is 1.78. The van der Waals surface area contributed by atoms with Crippen molar-refractivity contribution in [3.05, 3.63) is 47.8 Å². The van der Waals surface area contributed by atoms with Gasteiger partial charge in [0, 0.05) is 30.4 Å². The molecule has 2 rings (SSSR count). The lowest BCUT2D eigenvalue weighted by atomic mass is 10.1. The number of amides is 2. The van der Waals surface area contributed by atoms with Crippen molar-refractivity contribution < 1.29 is 9.59 Å². The summed E-state index contributed by atoms with van der Waals surface area (Å²) in [5, 5.41) is 4.24. The number of anilines is 1. The van der Waals surface area contributed by atoms with Gasteiger partial charge < -0.3 is 10.6 Å². The average Bonchev–Trinajstić information content (AvgIpc) is 3.00. The molecule has 0 fully saturated rings. The first kappa shape index (κ1) is 16.7. The summed E-state index contributed by atoms with van der Waals surface area (Å²) in [6.07, 6.45) is 3.56. The molecule has 2 aromatic rings. The molecule has 23 heavy (non-hydrogen) atoms. The highest BCUT2D eigenvalue weighted by atomic mass is 16.2. The zero-order valence-corrected chi connectivity index (χ0v) is 13.7. The Hall–Kier alpha value is -2.63. The lowest BCUT2D eigenvalue weighted by molar-refractivity contribution is 0.0978. The highest BCUT2D eigenvalue weighted by molar-refractivity contribution is 6.06. The van der Waals surface area contributed by atoms with Crippen LogP contribution in [0.2, 0.25) is 0 Å². The van der Waals surface area contributed by atoms with Gasteiger partial charge in [0.1, 0.15) is 0 Å². The second-order valence-electron chi connectivity index (χ2n) is 5.81. The summed E-state index contributed by atoms with van der Waals surface area (Å²) in [5.41, 5.74) is 6.90. The molecule has 122 valence electrons. The molecule has 1 aromatic heterocycles. The summed E-state index contributed by atoms with van der Waals surface area (Å²) in [7, 11) is 0. The standard InChI is InChI=1S/C17H22N4O2/c1-4-20-11-15(9-19-20)21(10-12(2)3)17(23)14-7-5-13(6-8-14)16(18)22/h5-9,11-12H,4,10H2,1-3H3,(H2,18,22). The molecule has 0 aliphatic carbocycles. The Bertz CT molecular complexity index is 689. The Morgan fingerprint density at radius 1 is 1.22 bits per heavy atom. The van der Waals surface area contributed by atoms with Crippen molar-refractivity contribution in [3.8, 4) is 0 Å². The van der Waals surface area contributed by atoms with Gasteiger partial charge in [0.25, 0.3) is 5.91 Å². The van der Waals surface area contributed by atoms with Crippen LogP contribution in [0.5, 0.6) is 0 Å². The predicted octanol–water partition coefficient (Wildman–Crippen LogP) is 2.30. The second kappa shape index (κ2) is 7.09. The van der Waals surface area contributed by atoms with Crippen molar-refractivity contribution in [1.82, 2.24) is 9.78 Å². The van der Waals surface area contributed by atoms with E-state index in [1.165, 1.54) is 0 Å². The largest absolute Gasteiger partial charge is 0.366 e. The number of rotatable bonds is 6. The van der Waals surface area contributed by atoms with Crippen LogP contribution in [0.1, 0.15) is 41.5 Å². The molecule has 2 N–H and O–H groups in total. The van der Waals surface area contributed by atoms with Crippen LogP contribution in [0.25, 0.3) is 0 Å². The minimum absolute atomic E-state index is 0.120. The van der Waals surface area contributed by atoms with Gasteiger partial charge in [-0.3, -0.25) is 14.3 Å². The fourth-order valence-corrected chi connectivity index (χ4v) is 2.27. The molecule has 0 unspecified atom stereocenters. The number of aryl methyl sites for hydroxylation is 1. The van der Waals surface area contributed by atoms with Crippen LogP contribution in [0, 0.1) is 5.92 Å². The third-order valence-corrected chi connectivity index (χ3v) is 3.46.